The molecule has 0 saturated heterocycles. The van der Waals surface area contributed by atoms with Crippen molar-refractivity contribution < 1.29 is 27.9 Å². The summed E-state index contributed by atoms with van der Waals surface area (Å²) >= 11 is 5.46. The lowest BCUT2D eigenvalue weighted by Crippen LogP contribution is -2.12. The van der Waals surface area contributed by atoms with Gasteiger partial charge in [0.2, 0.25) is 0 Å². The summed E-state index contributed by atoms with van der Waals surface area (Å²) in [6, 6.07) is 9.32. The smallest absolute Gasteiger partial charge is 0.416 e. The average Bonchev–Trinajstić information content (AvgIpc) is 2.54. The van der Waals surface area contributed by atoms with Gasteiger partial charge in [-0.1, -0.05) is 36.4 Å². The van der Waals surface area contributed by atoms with Crippen LogP contribution in [-0.4, -0.2) is 22.7 Å². The lowest BCUT2D eigenvalue weighted by Gasteiger charge is -2.13. The summed E-state index contributed by atoms with van der Waals surface area (Å²) in [5.74, 6) is -1.81. The zero-order valence-corrected chi connectivity index (χ0v) is 13.7. The molecule has 25 heavy (non-hydrogen) atoms. The molecule has 0 aliphatic heterocycles. The maximum absolute atomic E-state index is 12.8. The van der Waals surface area contributed by atoms with E-state index in [2.05, 4.69) is 0 Å². The molecule has 1 N–H and O–H groups in total. The second-order valence-electron chi connectivity index (χ2n) is 5.48. The third kappa shape index (κ3) is 4.82. The summed E-state index contributed by atoms with van der Waals surface area (Å²) < 4.78 is 38.4. The molecule has 0 unspecified atom stereocenters. The third-order valence-electron chi connectivity index (χ3n) is 3.64. The van der Waals surface area contributed by atoms with Crippen molar-refractivity contribution in [1.29, 1.82) is 0 Å². The largest absolute Gasteiger partial charge is 0.478 e. The summed E-state index contributed by atoms with van der Waals surface area (Å²) in [6.45, 7) is 0. The van der Waals surface area contributed by atoms with Crippen molar-refractivity contribution in [3.8, 4) is 0 Å². The van der Waals surface area contributed by atoms with Crippen LogP contribution in [-0.2, 0) is 23.8 Å². The molecule has 2 aromatic rings. The van der Waals surface area contributed by atoms with Crippen LogP contribution in [0.15, 0.2) is 42.5 Å². The summed E-state index contributed by atoms with van der Waals surface area (Å²) in [7, 11) is 0. The van der Waals surface area contributed by atoms with Gasteiger partial charge >= 0.3 is 12.1 Å². The number of halogens is 4. The van der Waals surface area contributed by atoms with Crippen molar-refractivity contribution >= 4 is 23.4 Å². The van der Waals surface area contributed by atoms with E-state index in [1.807, 2.05) is 0 Å². The highest BCUT2D eigenvalue weighted by Gasteiger charge is 2.30. The van der Waals surface area contributed by atoms with Gasteiger partial charge < -0.3 is 5.11 Å². The summed E-state index contributed by atoms with van der Waals surface area (Å²) in [4.78, 5) is 23.1. The van der Waals surface area contributed by atoms with Gasteiger partial charge in [0, 0.05) is 6.42 Å². The fourth-order valence-electron chi connectivity index (χ4n) is 2.56. The van der Waals surface area contributed by atoms with E-state index in [0.717, 1.165) is 12.1 Å². The van der Waals surface area contributed by atoms with Crippen molar-refractivity contribution in [2.75, 3.05) is 5.88 Å². The topological polar surface area (TPSA) is 54.4 Å². The standard InChI is InChI=1S/C18H14ClF3O3/c19-10-15(23)9-13-5-2-4-12(16(13)17(24)25)7-11-3-1-6-14(8-11)18(20,21)22/h1-6,8H,7,9-10H2,(H,24,25). The number of Topliss-reactive ketones (excluding diaryl/α,β-unsaturated/α-hetero) is 1. The van der Waals surface area contributed by atoms with E-state index in [1.165, 1.54) is 24.3 Å². The van der Waals surface area contributed by atoms with E-state index < -0.39 is 17.7 Å². The number of hydrogen-bond donors (Lipinski definition) is 1. The number of carboxylic acid groups (broad SMARTS) is 1. The Labute approximate surface area is 147 Å². The summed E-state index contributed by atoms with van der Waals surface area (Å²) in [6.07, 6.45) is -4.60. The number of ketones is 1. The molecule has 2 aromatic carbocycles. The summed E-state index contributed by atoms with van der Waals surface area (Å²) in [5, 5.41) is 9.47. The number of carbonyl (C=O) groups is 2. The average molecular weight is 371 g/mol. The second kappa shape index (κ2) is 7.70. The molecule has 132 valence electrons. The minimum Gasteiger partial charge on any atom is -0.478 e. The van der Waals surface area contributed by atoms with Crippen LogP contribution in [0.1, 0.15) is 32.6 Å². The highest BCUT2D eigenvalue weighted by molar-refractivity contribution is 6.27. The molecule has 0 aliphatic rings. The van der Waals surface area contributed by atoms with Crippen LogP contribution >= 0.6 is 11.6 Å². The van der Waals surface area contributed by atoms with Gasteiger partial charge in [-0.2, -0.15) is 13.2 Å². The molecule has 0 bridgehead atoms. The van der Waals surface area contributed by atoms with Crippen LogP contribution in [0.2, 0.25) is 0 Å². The molecule has 7 heteroatoms. The number of aromatic carboxylic acids is 1. The lowest BCUT2D eigenvalue weighted by atomic mass is 9.93. The van der Waals surface area contributed by atoms with Gasteiger partial charge in [0.15, 0.2) is 5.78 Å². The Morgan fingerprint density at radius 2 is 1.68 bits per heavy atom. The Bertz CT molecular complexity index is 800. The Hall–Kier alpha value is -2.34. The minimum absolute atomic E-state index is 0.00839. The second-order valence-corrected chi connectivity index (χ2v) is 5.75. The first-order valence-corrected chi connectivity index (χ1v) is 7.83. The van der Waals surface area contributed by atoms with Crippen molar-refractivity contribution in [3.63, 3.8) is 0 Å². The van der Waals surface area contributed by atoms with Crippen LogP contribution in [0.5, 0.6) is 0 Å². The molecule has 0 heterocycles. The molecule has 3 nitrogen and oxygen atoms in total. The van der Waals surface area contributed by atoms with Gasteiger partial charge in [-0.15, -0.1) is 11.6 Å². The van der Waals surface area contributed by atoms with Crippen LogP contribution in [0, 0.1) is 0 Å². The van der Waals surface area contributed by atoms with E-state index in [4.69, 9.17) is 11.6 Å². The number of benzene rings is 2. The molecule has 0 spiro atoms. The van der Waals surface area contributed by atoms with Gasteiger partial charge in [0.25, 0.3) is 0 Å². The zero-order valence-electron chi connectivity index (χ0n) is 12.9. The van der Waals surface area contributed by atoms with Gasteiger partial charge in [-0.25, -0.2) is 4.79 Å². The molecule has 0 atom stereocenters. The fourth-order valence-corrected chi connectivity index (χ4v) is 2.65. The highest BCUT2D eigenvalue weighted by Crippen LogP contribution is 2.30. The number of carbonyl (C=O) groups excluding carboxylic acids is 1. The first kappa shape index (κ1) is 19.0. The Kier molecular flexibility index (Phi) is 5.85. The molecule has 0 aromatic heterocycles. The molecule has 0 amide bonds. The fraction of sp³-hybridized carbons (Fsp3) is 0.222. The summed E-state index contributed by atoms with van der Waals surface area (Å²) in [5.41, 5.74) is 0.0983. The van der Waals surface area contributed by atoms with Crippen LogP contribution < -0.4 is 0 Å². The maximum atomic E-state index is 12.8. The van der Waals surface area contributed by atoms with Crippen LogP contribution in [0.4, 0.5) is 13.2 Å². The minimum atomic E-state index is -4.47. The Morgan fingerprint density at radius 3 is 2.28 bits per heavy atom. The predicted molar refractivity (Wildman–Crippen MR) is 87.1 cm³/mol. The number of rotatable bonds is 6. The van der Waals surface area contributed by atoms with Gasteiger partial charge in [-0.3, -0.25) is 4.79 Å². The molecular weight excluding hydrogens is 357 g/mol. The van der Waals surface area contributed by atoms with Gasteiger partial charge in [0.05, 0.1) is 17.0 Å². The van der Waals surface area contributed by atoms with Crippen LogP contribution in [0.25, 0.3) is 0 Å². The SMILES string of the molecule is O=C(CCl)Cc1cccc(Cc2cccc(C(F)(F)F)c2)c1C(=O)O. The van der Waals surface area contributed by atoms with E-state index in [9.17, 15) is 27.9 Å². The molecule has 0 fully saturated rings. The number of alkyl halides is 4. The van der Waals surface area contributed by atoms with E-state index in [-0.39, 0.29) is 30.1 Å². The Balaban J connectivity index is 2.41. The lowest BCUT2D eigenvalue weighted by molar-refractivity contribution is -0.137. The monoisotopic (exact) mass is 370 g/mol. The number of hydrogen-bond acceptors (Lipinski definition) is 2. The molecule has 0 saturated carbocycles. The van der Waals surface area contributed by atoms with E-state index in [1.54, 1.807) is 6.07 Å². The first-order chi connectivity index (χ1) is 11.7. The van der Waals surface area contributed by atoms with E-state index in [0.29, 0.717) is 16.7 Å². The normalized spacial score (nSPS) is 11.4. The Morgan fingerprint density at radius 1 is 1.04 bits per heavy atom. The first-order valence-electron chi connectivity index (χ1n) is 7.30. The molecule has 0 radical (unpaired) electrons. The maximum Gasteiger partial charge on any atom is 0.416 e. The predicted octanol–water partition coefficient (Wildman–Crippen LogP) is 4.34. The van der Waals surface area contributed by atoms with Crippen molar-refractivity contribution in [2.45, 2.75) is 19.0 Å². The molecular formula is C18H14ClF3O3. The van der Waals surface area contributed by atoms with Gasteiger partial charge in [0.1, 0.15) is 0 Å². The zero-order chi connectivity index (χ0) is 18.6. The van der Waals surface area contributed by atoms with E-state index >= 15 is 0 Å². The number of carboxylic acids is 1. The van der Waals surface area contributed by atoms with Crippen molar-refractivity contribution in [2.24, 2.45) is 0 Å². The molecule has 0 aliphatic carbocycles. The quantitative estimate of drug-likeness (QED) is 0.769. The van der Waals surface area contributed by atoms with Crippen molar-refractivity contribution in [1.82, 2.24) is 0 Å². The third-order valence-corrected chi connectivity index (χ3v) is 3.93. The molecule has 2 rings (SSSR count). The van der Waals surface area contributed by atoms with Crippen molar-refractivity contribution in [3.05, 3.63) is 70.3 Å². The van der Waals surface area contributed by atoms with Gasteiger partial charge in [-0.05, 0) is 29.2 Å². The highest BCUT2D eigenvalue weighted by atomic mass is 35.5. The van der Waals surface area contributed by atoms with Crippen LogP contribution in [0.3, 0.4) is 0 Å².